The molecule has 0 saturated heterocycles. The van der Waals surface area contributed by atoms with Crippen LogP contribution >= 0.6 is 23.4 Å². The number of terminal acetylenes is 1. The van der Waals surface area contributed by atoms with Crippen molar-refractivity contribution in [2.24, 2.45) is 10.9 Å². The number of thioether (sulfide) groups is 1. The van der Waals surface area contributed by atoms with Crippen LogP contribution in [0.1, 0.15) is 31.4 Å². The average molecular weight is 481 g/mol. The highest BCUT2D eigenvalue weighted by Gasteiger charge is 2.14. The van der Waals surface area contributed by atoms with E-state index in [1.165, 1.54) is 10.5 Å². The highest BCUT2D eigenvalue weighted by atomic mass is 35.5. The second kappa shape index (κ2) is 14.4. The second-order valence-electron chi connectivity index (χ2n) is 7.11. The van der Waals surface area contributed by atoms with Crippen LogP contribution in [-0.4, -0.2) is 31.9 Å². The van der Waals surface area contributed by atoms with Crippen molar-refractivity contribution < 1.29 is 9.53 Å². The number of nitrogens with one attached hydrogen (secondary N) is 1. The minimum Gasteiger partial charge on any atom is -0.383 e. The predicted molar refractivity (Wildman–Crippen MR) is 140 cm³/mol. The molecule has 1 atom stereocenters. The van der Waals surface area contributed by atoms with Crippen LogP contribution in [-0.2, 0) is 9.53 Å². The summed E-state index contributed by atoms with van der Waals surface area (Å²) in [6.07, 6.45) is 9.73. The Bertz CT molecular complexity index is 1050. The third-order valence-electron chi connectivity index (χ3n) is 4.54. The van der Waals surface area contributed by atoms with Gasteiger partial charge in [0, 0.05) is 40.4 Å². The molecule has 0 bridgehead atoms. The lowest BCUT2D eigenvalue weighted by Gasteiger charge is -2.09. The van der Waals surface area contributed by atoms with Gasteiger partial charge in [-0.25, -0.2) is 0 Å². The van der Waals surface area contributed by atoms with Crippen molar-refractivity contribution >= 4 is 35.0 Å². The third-order valence-corrected chi connectivity index (χ3v) is 5.86. The zero-order valence-electron chi connectivity index (χ0n) is 19.2. The summed E-state index contributed by atoms with van der Waals surface area (Å²) < 4.78 is 4.80. The Balaban J connectivity index is 0.000000248. The average Bonchev–Trinajstić information content (AvgIpc) is 3.00. The molecule has 1 heterocycles. The molecule has 1 aliphatic heterocycles. The molecule has 0 radical (unpaired) electrons. The van der Waals surface area contributed by atoms with E-state index in [4.69, 9.17) is 27.8 Å². The van der Waals surface area contributed by atoms with Gasteiger partial charge in [-0.3, -0.25) is 9.79 Å². The third kappa shape index (κ3) is 8.58. The van der Waals surface area contributed by atoms with Gasteiger partial charge in [0.05, 0.1) is 12.3 Å². The fourth-order valence-electron chi connectivity index (χ4n) is 2.88. The van der Waals surface area contributed by atoms with E-state index in [0.717, 1.165) is 28.4 Å². The molecular formula is C27H29ClN2O2S. The highest BCUT2D eigenvalue weighted by Crippen LogP contribution is 2.31. The number of aliphatic imine (C=N–C) groups is 1. The fraction of sp³-hybridized carbons (Fsp3) is 0.259. The number of hydrogen-bond acceptors (Lipinski definition) is 4. The number of methoxy groups -OCH3 is 1. The van der Waals surface area contributed by atoms with Gasteiger partial charge in [0.25, 0.3) is 0 Å². The lowest BCUT2D eigenvalue weighted by atomic mass is 10.0. The van der Waals surface area contributed by atoms with Gasteiger partial charge in [0.15, 0.2) is 0 Å². The molecule has 172 valence electrons. The summed E-state index contributed by atoms with van der Waals surface area (Å²) in [5.41, 5.74) is 4.28. The summed E-state index contributed by atoms with van der Waals surface area (Å²) in [6, 6.07) is 16.2. The predicted octanol–water partition coefficient (Wildman–Crippen LogP) is 6.11. The molecule has 6 heteroatoms. The quantitative estimate of drug-likeness (QED) is 0.295. The van der Waals surface area contributed by atoms with Crippen LogP contribution in [0.25, 0.3) is 0 Å². The SMILES string of the molecule is C#CC(/C=C\CC)C(=O)NCCOC.CC1=CSc2ccccc2C(c2ccc(Cl)cc2)=N1. The number of hydrogen-bond donors (Lipinski definition) is 1. The summed E-state index contributed by atoms with van der Waals surface area (Å²) in [5, 5.41) is 5.51. The van der Waals surface area contributed by atoms with Crippen LogP contribution in [0.15, 0.2) is 81.7 Å². The van der Waals surface area contributed by atoms with E-state index < -0.39 is 5.92 Å². The maximum Gasteiger partial charge on any atom is 0.239 e. The van der Waals surface area contributed by atoms with E-state index in [2.05, 4.69) is 34.8 Å². The monoisotopic (exact) mass is 480 g/mol. The molecule has 0 saturated carbocycles. The van der Waals surface area contributed by atoms with Gasteiger partial charge in [-0.15, -0.1) is 6.42 Å². The number of amides is 1. The van der Waals surface area contributed by atoms with Gasteiger partial charge in [-0.1, -0.05) is 78.7 Å². The molecule has 1 amide bonds. The molecule has 1 N–H and O–H groups in total. The van der Waals surface area contributed by atoms with Gasteiger partial charge in [-0.2, -0.15) is 0 Å². The number of nitrogens with zero attached hydrogens (tertiary/aromatic N) is 1. The zero-order valence-corrected chi connectivity index (χ0v) is 20.7. The zero-order chi connectivity index (χ0) is 24.1. The summed E-state index contributed by atoms with van der Waals surface area (Å²) in [4.78, 5) is 17.4. The van der Waals surface area contributed by atoms with E-state index in [-0.39, 0.29) is 5.91 Å². The van der Waals surface area contributed by atoms with Crippen molar-refractivity contribution in [3.63, 3.8) is 0 Å². The number of carbonyl (C=O) groups excluding carboxylic acids is 1. The van der Waals surface area contributed by atoms with Crippen LogP contribution in [0.5, 0.6) is 0 Å². The molecule has 2 aromatic rings. The largest absolute Gasteiger partial charge is 0.383 e. The summed E-state index contributed by atoms with van der Waals surface area (Å²) in [7, 11) is 1.59. The van der Waals surface area contributed by atoms with Crippen molar-refractivity contribution in [3.05, 3.63) is 87.9 Å². The van der Waals surface area contributed by atoms with Crippen LogP contribution < -0.4 is 5.32 Å². The van der Waals surface area contributed by atoms with E-state index in [0.29, 0.717) is 13.2 Å². The normalized spacial score (nSPS) is 13.4. The smallest absolute Gasteiger partial charge is 0.239 e. The summed E-state index contributed by atoms with van der Waals surface area (Å²) >= 11 is 7.67. The molecule has 0 fully saturated rings. The Hall–Kier alpha value is -2.78. The number of fused-ring (bicyclic) bond motifs is 1. The first-order valence-electron chi connectivity index (χ1n) is 10.7. The molecule has 3 rings (SSSR count). The molecule has 0 spiro atoms. The summed E-state index contributed by atoms with van der Waals surface area (Å²) in [5.74, 6) is 1.81. The van der Waals surface area contributed by atoms with E-state index in [1.807, 2.05) is 50.3 Å². The fourth-order valence-corrected chi connectivity index (χ4v) is 3.81. The van der Waals surface area contributed by atoms with Crippen LogP contribution in [0.4, 0.5) is 0 Å². The number of benzene rings is 2. The van der Waals surface area contributed by atoms with Gasteiger partial charge in [0.1, 0.15) is 5.92 Å². The minimum absolute atomic E-state index is 0.144. The van der Waals surface area contributed by atoms with Gasteiger partial charge in [-0.05, 0) is 37.0 Å². The van der Waals surface area contributed by atoms with E-state index in [9.17, 15) is 4.79 Å². The molecule has 0 aromatic heterocycles. The molecule has 4 nitrogen and oxygen atoms in total. The first kappa shape index (κ1) is 26.5. The second-order valence-corrected chi connectivity index (χ2v) is 8.45. The molecule has 2 aromatic carbocycles. The van der Waals surface area contributed by atoms with Crippen LogP contribution in [0.3, 0.4) is 0 Å². The van der Waals surface area contributed by atoms with Gasteiger partial charge in [0.2, 0.25) is 5.91 Å². The standard InChI is InChI=1S/C16H12ClNS.C11H17NO2/c1-11-10-19-15-5-3-2-4-14(15)16(18-11)12-6-8-13(17)9-7-12;1-4-6-7-10(5-2)11(13)12-8-9-14-3/h2-10H,1H3;2,6-7,10H,4,8-9H2,1,3H3,(H,12,13)/b;7-6-. The Morgan fingerprint density at radius 1 is 1.27 bits per heavy atom. The maximum atomic E-state index is 11.4. The van der Waals surface area contributed by atoms with Gasteiger partial charge < -0.3 is 10.1 Å². The van der Waals surface area contributed by atoms with Crippen molar-refractivity contribution in [1.29, 1.82) is 0 Å². The summed E-state index contributed by atoms with van der Waals surface area (Å²) in [6.45, 7) is 5.01. The number of allylic oxidation sites excluding steroid dienone is 2. The van der Waals surface area contributed by atoms with Crippen LogP contribution in [0.2, 0.25) is 5.02 Å². The number of ether oxygens (including phenoxy) is 1. The molecular weight excluding hydrogens is 452 g/mol. The lowest BCUT2D eigenvalue weighted by molar-refractivity contribution is -0.122. The Kier molecular flexibility index (Phi) is 11.5. The number of carbonyl (C=O) groups is 1. The van der Waals surface area contributed by atoms with Crippen molar-refractivity contribution in [1.82, 2.24) is 5.32 Å². The van der Waals surface area contributed by atoms with E-state index in [1.54, 1.807) is 24.9 Å². The van der Waals surface area contributed by atoms with Crippen molar-refractivity contribution in [3.8, 4) is 12.3 Å². The molecule has 33 heavy (non-hydrogen) atoms. The van der Waals surface area contributed by atoms with Gasteiger partial charge >= 0.3 is 0 Å². The molecule has 1 unspecified atom stereocenters. The minimum atomic E-state index is -0.466. The number of halogens is 1. The Morgan fingerprint density at radius 2 is 2.00 bits per heavy atom. The Labute approximate surface area is 206 Å². The Morgan fingerprint density at radius 3 is 2.67 bits per heavy atom. The highest BCUT2D eigenvalue weighted by molar-refractivity contribution is 8.02. The first-order valence-corrected chi connectivity index (χ1v) is 11.9. The van der Waals surface area contributed by atoms with Crippen molar-refractivity contribution in [2.45, 2.75) is 25.2 Å². The topological polar surface area (TPSA) is 50.7 Å². The van der Waals surface area contributed by atoms with E-state index >= 15 is 0 Å². The maximum absolute atomic E-state index is 11.4. The lowest BCUT2D eigenvalue weighted by Crippen LogP contribution is -2.31. The molecule has 1 aliphatic rings. The molecule has 0 aliphatic carbocycles. The van der Waals surface area contributed by atoms with Crippen molar-refractivity contribution in [2.75, 3.05) is 20.3 Å². The number of rotatable bonds is 7. The first-order chi connectivity index (χ1) is 16.0. The van der Waals surface area contributed by atoms with Crippen LogP contribution in [0, 0.1) is 18.3 Å².